The van der Waals surface area contributed by atoms with Gasteiger partial charge in [0.05, 0.1) is 4.92 Å². The summed E-state index contributed by atoms with van der Waals surface area (Å²) in [7, 11) is 0. The van der Waals surface area contributed by atoms with Crippen molar-refractivity contribution in [2.45, 2.75) is 20.8 Å². The highest BCUT2D eigenvalue weighted by atomic mass is 16.6. The van der Waals surface area contributed by atoms with Crippen LogP contribution in [-0.2, 0) is 4.79 Å². The molecule has 0 saturated carbocycles. The average Bonchev–Trinajstić information content (AvgIpc) is 2.71. The van der Waals surface area contributed by atoms with E-state index in [4.69, 9.17) is 0 Å². The fourth-order valence-electron chi connectivity index (χ4n) is 2.82. The second kappa shape index (κ2) is 9.90. The topological polar surface area (TPSA) is 111 Å². The van der Waals surface area contributed by atoms with Crippen LogP contribution in [0.5, 0.6) is 0 Å². The first-order chi connectivity index (χ1) is 13.9. The number of aryl methyl sites for hydroxylation is 1. The molecule has 0 aliphatic heterocycles. The van der Waals surface area contributed by atoms with E-state index in [0.29, 0.717) is 0 Å². The molecule has 29 heavy (non-hydrogen) atoms. The molecule has 1 amide bonds. The van der Waals surface area contributed by atoms with Gasteiger partial charge in [0, 0.05) is 36.7 Å². The molecule has 8 nitrogen and oxygen atoms in total. The van der Waals surface area contributed by atoms with Crippen LogP contribution in [0.4, 0.5) is 22.7 Å². The van der Waals surface area contributed by atoms with Crippen molar-refractivity contribution < 1.29 is 9.72 Å². The fraction of sp³-hybridized carbons (Fsp3) is 0.238. The molecule has 0 aliphatic rings. The molecule has 0 radical (unpaired) electrons. The van der Waals surface area contributed by atoms with Crippen molar-refractivity contribution in [3.05, 3.63) is 69.9 Å². The Morgan fingerprint density at radius 2 is 1.90 bits per heavy atom. The summed E-state index contributed by atoms with van der Waals surface area (Å²) in [6.07, 6.45) is 1.30. The normalized spacial score (nSPS) is 10.8. The second-order valence-electron chi connectivity index (χ2n) is 6.21. The molecule has 0 heterocycles. The van der Waals surface area contributed by atoms with E-state index in [1.165, 1.54) is 24.4 Å². The highest BCUT2D eigenvalue weighted by Crippen LogP contribution is 2.25. The molecule has 0 unspecified atom stereocenters. The lowest BCUT2D eigenvalue weighted by atomic mass is 10.1. The minimum atomic E-state index is -0.730. The first kappa shape index (κ1) is 21.4. The molecule has 2 N–H and O–H groups in total. The maximum Gasteiger partial charge on any atom is 0.292 e. The van der Waals surface area contributed by atoms with Gasteiger partial charge in [-0.25, -0.2) is 0 Å². The predicted octanol–water partition coefficient (Wildman–Crippen LogP) is 4.21. The Bertz CT molecular complexity index is 975. The monoisotopic (exact) mass is 393 g/mol. The number of carbonyl (C=O) groups excluding carboxylic acids is 1. The van der Waals surface area contributed by atoms with Gasteiger partial charge in [-0.15, -0.1) is 0 Å². The van der Waals surface area contributed by atoms with Gasteiger partial charge in [-0.05, 0) is 50.6 Å². The van der Waals surface area contributed by atoms with Crippen molar-refractivity contribution in [3.63, 3.8) is 0 Å². The molecule has 0 atom stereocenters. The van der Waals surface area contributed by atoms with Gasteiger partial charge in [0.15, 0.2) is 0 Å². The largest absolute Gasteiger partial charge is 0.372 e. The van der Waals surface area contributed by atoms with E-state index >= 15 is 0 Å². The average molecular weight is 393 g/mol. The van der Waals surface area contributed by atoms with E-state index in [0.717, 1.165) is 30.0 Å². The number of nitrogens with zero attached hydrogens (tertiary/aromatic N) is 3. The van der Waals surface area contributed by atoms with Crippen LogP contribution >= 0.6 is 0 Å². The summed E-state index contributed by atoms with van der Waals surface area (Å²) < 4.78 is 0. The highest BCUT2D eigenvalue weighted by Gasteiger charge is 2.17. The maximum absolute atomic E-state index is 12.4. The number of nitriles is 1. The summed E-state index contributed by atoms with van der Waals surface area (Å²) >= 11 is 0. The van der Waals surface area contributed by atoms with Crippen molar-refractivity contribution in [3.8, 4) is 6.07 Å². The van der Waals surface area contributed by atoms with Crippen molar-refractivity contribution in [1.82, 2.24) is 0 Å². The van der Waals surface area contributed by atoms with E-state index < -0.39 is 10.8 Å². The SMILES string of the molecule is CCN(CC)c1ccc(N/C=C(/C#N)C(=O)Nc2ccccc2[N+](=O)[O-])c(C)c1. The number of carbonyl (C=O) groups is 1. The summed E-state index contributed by atoms with van der Waals surface area (Å²) in [4.78, 5) is 25.1. The van der Waals surface area contributed by atoms with Gasteiger partial charge in [0.2, 0.25) is 0 Å². The van der Waals surface area contributed by atoms with Crippen molar-refractivity contribution in [1.29, 1.82) is 5.26 Å². The zero-order chi connectivity index (χ0) is 21.4. The van der Waals surface area contributed by atoms with E-state index in [9.17, 15) is 20.2 Å². The van der Waals surface area contributed by atoms with Gasteiger partial charge in [0.25, 0.3) is 11.6 Å². The summed E-state index contributed by atoms with van der Waals surface area (Å²) in [5.74, 6) is -0.730. The molecule has 2 rings (SSSR count). The van der Waals surface area contributed by atoms with Gasteiger partial charge in [-0.1, -0.05) is 12.1 Å². The third kappa shape index (κ3) is 5.32. The number of hydrogen-bond donors (Lipinski definition) is 2. The van der Waals surface area contributed by atoms with Gasteiger partial charge in [-0.3, -0.25) is 14.9 Å². The van der Waals surface area contributed by atoms with Gasteiger partial charge >= 0.3 is 0 Å². The molecule has 0 aromatic heterocycles. The van der Waals surface area contributed by atoms with E-state index in [1.54, 1.807) is 6.07 Å². The number of nitrogens with one attached hydrogen (secondary N) is 2. The molecule has 0 aliphatic carbocycles. The molecule has 0 bridgehead atoms. The van der Waals surface area contributed by atoms with Crippen molar-refractivity contribution in [2.75, 3.05) is 28.6 Å². The Kier molecular flexibility index (Phi) is 7.32. The molecule has 0 spiro atoms. The third-order valence-electron chi connectivity index (χ3n) is 4.42. The number of benzene rings is 2. The lowest BCUT2D eigenvalue weighted by molar-refractivity contribution is -0.383. The summed E-state index contributed by atoms with van der Waals surface area (Å²) in [5, 5.41) is 25.8. The van der Waals surface area contributed by atoms with Crippen LogP contribution in [-0.4, -0.2) is 23.9 Å². The molecule has 8 heteroatoms. The smallest absolute Gasteiger partial charge is 0.292 e. The molecule has 150 valence electrons. The quantitative estimate of drug-likeness (QED) is 0.301. The number of nitro groups is 1. The number of amides is 1. The number of anilines is 3. The second-order valence-corrected chi connectivity index (χ2v) is 6.21. The van der Waals surface area contributed by atoms with E-state index in [-0.39, 0.29) is 16.9 Å². The van der Waals surface area contributed by atoms with Crippen LogP contribution in [0.15, 0.2) is 54.2 Å². The van der Waals surface area contributed by atoms with E-state index in [2.05, 4.69) is 29.4 Å². The van der Waals surface area contributed by atoms with Crippen LogP contribution < -0.4 is 15.5 Å². The van der Waals surface area contributed by atoms with Crippen LogP contribution in [0, 0.1) is 28.4 Å². The lowest BCUT2D eigenvalue weighted by Crippen LogP contribution is -2.21. The minimum absolute atomic E-state index is 0.0309. The van der Waals surface area contributed by atoms with Crippen LogP contribution in [0.3, 0.4) is 0 Å². The summed E-state index contributed by atoms with van der Waals surface area (Å²) in [6, 6.07) is 13.5. The Hall–Kier alpha value is -3.86. The van der Waals surface area contributed by atoms with E-state index in [1.807, 2.05) is 31.2 Å². The third-order valence-corrected chi connectivity index (χ3v) is 4.42. The van der Waals surface area contributed by atoms with Crippen LogP contribution in [0.2, 0.25) is 0 Å². The number of para-hydroxylation sites is 2. The van der Waals surface area contributed by atoms with Crippen molar-refractivity contribution >= 4 is 28.7 Å². The zero-order valence-electron chi connectivity index (χ0n) is 16.6. The molecule has 0 saturated heterocycles. The van der Waals surface area contributed by atoms with Gasteiger partial charge in [0.1, 0.15) is 17.3 Å². The Balaban J connectivity index is 2.17. The van der Waals surface area contributed by atoms with Crippen LogP contribution in [0.25, 0.3) is 0 Å². The maximum atomic E-state index is 12.4. The lowest BCUT2D eigenvalue weighted by Gasteiger charge is -2.22. The number of nitro benzene ring substituents is 1. The Morgan fingerprint density at radius 3 is 2.48 bits per heavy atom. The summed E-state index contributed by atoms with van der Waals surface area (Å²) in [6.45, 7) is 7.90. The standard InChI is InChI=1S/C21H23N5O3/c1-4-25(5-2)17-10-11-18(15(3)12-17)23-14-16(13-22)21(27)24-19-8-6-7-9-20(19)26(28)29/h6-12,14,23H,4-5H2,1-3H3,(H,24,27)/b16-14-. The molecular weight excluding hydrogens is 370 g/mol. The predicted molar refractivity (Wildman–Crippen MR) is 114 cm³/mol. The summed E-state index contributed by atoms with van der Waals surface area (Å²) in [5.41, 5.74) is 2.40. The van der Waals surface area contributed by atoms with Gasteiger partial charge in [-0.2, -0.15) is 5.26 Å². The molecule has 0 fully saturated rings. The highest BCUT2D eigenvalue weighted by molar-refractivity contribution is 6.07. The number of rotatable bonds is 8. The minimum Gasteiger partial charge on any atom is -0.372 e. The molecule has 2 aromatic rings. The number of hydrogen-bond acceptors (Lipinski definition) is 6. The molecule has 2 aromatic carbocycles. The van der Waals surface area contributed by atoms with Crippen molar-refractivity contribution in [2.24, 2.45) is 0 Å². The van der Waals surface area contributed by atoms with Gasteiger partial charge < -0.3 is 15.5 Å². The first-order valence-electron chi connectivity index (χ1n) is 9.18. The molecular formula is C21H23N5O3. The zero-order valence-corrected chi connectivity index (χ0v) is 16.6. The van der Waals surface area contributed by atoms with Crippen LogP contribution in [0.1, 0.15) is 19.4 Å². The first-order valence-corrected chi connectivity index (χ1v) is 9.18. The Morgan fingerprint density at radius 1 is 1.21 bits per heavy atom. The Labute approximate surface area is 169 Å². The fourth-order valence-corrected chi connectivity index (χ4v) is 2.82.